The van der Waals surface area contributed by atoms with Crippen molar-refractivity contribution in [1.29, 1.82) is 0 Å². The van der Waals surface area contributed by atoms with Gasteiger partial charge >= 0.3 is 11.9 Å². The van der Waals surface area contributed by atoms with Crippen molar-refractivity contribution in [3.05, 3.63) is 12.2 Å². The third-order valence-electron chi connectivity index (χ3n) is 9.99. The van der Waals surface area contributed by atoms with E-state index in [2.05, 4.69) is 0 Å². The summed E-state index contributed by atoms with van der Waals surface area (Å²) >= 11 is 0. The smallest absolute Gasteiger partial charge is 0.309 e. The van der Waals surface area contributed by atoms with Crippen molar-refractivity contribution < 1.29 is 48.3 Å². The summed E-state index contributed by atoms with van der Waals surface area (Å²) in [5.74, 6) is -2.46. The van der Waals surface area contributed by atoms with Crippen LogP contribution >= 0.6 is 0 Å². The van der Waals surface area contributed by atoms with Crippen LogP contribution < -0.4 is 0 Å². The number of carbonyl (C=O) groups is 3. The quantitative estimate of drug-likeness (QED) is 0.174. The SMILES string of the molecule is CCC(=O)O[C@@H]1CC(=O)O[C@H](CC)[C@@H](C)[C@@H]2O[C@@]2(C)/C=C/C(O)[C@H](C)C[C@H](CC=O)C(O[C@@H]2O[C@H](C)C[C@H](N(C)C)[C@H]2O)[C@H]1C. The molecule has 0 radical (unpaired) electrons. The normalized spacial score (nSPS) is 44.0. The van der Waals surface area contributed by atoms with E-state index in [1.807, 2.05) is 66.6 Å². The first-order valence-electron chi connectivity index (χ1n) is 16.7. The maximum atomic E-state index is 13.5. The number of nitrogens with zero attached hydrogens (tertiary/aromatic N) is 1. The van der Waals surface area contributed by atoms with Gasteiger partial charge in [-0.15, -0.1) is 0 Å². The van der Waals surface area contributed by atoms with Crippen LogP contribution in [0, 0.1) is 23.7 Å². The maximum Gasteiger partial charge on any atom is 0.309 e. The number of fused-ring (bicyclic) bond motifs is 1. The van der Waals surface area contributed by atoms with Crippen molar-refractivity contribution in [3.63, 3.8) is 0 Å². The number of esters is 2. The van der Waals surface area contributed by atoms with Crippen LogP contribution in [0.2, 0.25) is 0 Å². The number of ether oxygens (including phenoxy) is 5. The first kappa shape index (κ1) is 37.6. The van der Waals surface area contributed by atoms with Crippen LogP contribution in [-0.4, -0.2) is 108 Å². The van der Waals surface area contributed by atoms with Crippen molar-refractivity contribution in [1.82, 2.24) is 4.90 Å². The molecule has 2 unspecified atom stereocenters. The van der Waals surface area contributed by atoms with E-state index in [9.17, 15) is 24.6 Å². The number of epoxide rings is 1. The highest BCUT2D eigenvalue weighted by molar-refractivity contribution is 5.72. The minimum Gasteiger partial charge on any atom is -0.462 e. The number of rotatable bonds is 8. The Morgan fingerprint density at radius 1 is 1.13 bits per heavy atom. The zero-order valence-corrected chi connectivity index (χ0v) is 28.6. The minimum absolute atomic E-state index is 0.0858. The van der Waals surface area contributed by atoms with Gasteiger partial charge < -0.3 is 43.6 Å². The van der Waals surface area contributed by atoms with E-state index < -0.39 is 66.2 Å². The standard InChI is InChI=1S/C34H57NO10/c1-10-26-22(6)32-34(7,45-32)14-12-25(37)19(3)16-23(13-15-36)31(21(5)27(18-29(39)42-26)43-28(38)11-2)44-33-30(40)24(35(8)9)17-20(4)41-33/h12,14-15,19-27,30-33,37,40H,10-11,13,16-18H2,1-9H3/b14-12+/t19-,20-,21+,22-,23+,24+,25?,26-,27-,30-,31?,32+,33+,34+/m1/s1. The molecule has 2 saturated heterocycles. The van der Waals surface area contributed by atoms with Gasteiger partial charge in [0.1, 0.15) is 30.2 Å². The molecule has 3 rings (SSSR count). The Hall–Kier alpha value is -1.89. The Labute approximate surface area is 268 Å². The number of cyclic esters (lactones) is 1. The van der Waals surface area contributed by atoms with Crippen molar-refractivity contribution >= 4 is 18.2 Å². The number of hydrogen-bond donors (Lipinski definition) is 2. The Balaban J connectivity index is 2.06. The second-order valence-corrected chi connectivity index (χ2v) is 13.9. The fourth-order valence-corrected chi connectivity index (χ4v) is 7.00. The summed E-state index contributed by atoms with van der Waals surface area (Å²) in [6, 6.07) is -0.234. The summed E-state index contributed by atoms with van der Waals surface area (Å²) in [6.07, 6.45) is 0.527. The van der Waals surface area contributed by atoms with Gasteiger partial charge in [-0.1, -0.05) is 46.8 Å². The highest BCUT2D eigenvalue weighted by Gasteiger charge is 2.55. The molecule has 258 valence electrons. The van der Waals surface area contributed by atoms with Gasteiger partial charge in [-0.05, 0) is 59.0 Å². The van der Waals surface area contributed by atoms with Crippen molar-refractivity contribution in [3.8, 4) is 0 Å². The molecule has 0 bridgehead atoms. The summed E-state index contributed by atoms with van der Waals surface area (Å²) in [7, 11) is 3.77. The predicted octanol–water partition coefficient (Wildman–Crippen LogP) is 3.42. The van der Waals surface area contributed by atoms with Gasteiger partial charge in [0.25, 0.3) is 0 Å². The molecular formula is C34H57NO10. The van der Waals surface area contributed by atoms with E-state index in [0.29, 0.717) is 19.3 Å². The Kier molecular flexibility index (Phi) is 13.6. The van der Waals surface area contributed by atoms with Crippen molar-refractivity contribution in [2.45, 2.75) is 148 Å². The highest BCUT2D eigenvalue weighted by atomic mass is 16.7. The first-order valence-corrected chi connectivity index (χ1v) is 16.7. The second kappa shape index (κ2) is 16.3. The highest BCUT2D eigenvalue weighted by Crippen LogP contribution is 2.45. The molecule has 3 aliphatic heterocycles. The summed E-state index contributed by atoms with van der Waals surface area (Å²) in [4.78, 5) is 40.1. The summed E-state index contributed by atoms with van der Waals surface area (Å²) < 4.78 is 30.6. The molecule has 0 saturated carbocycles. The van der Waals surface area contributed by atoms with Gasteiger partial charge in [0.2, 0.25) is 0 Å². The molecule has 14 atom stereocenters. The molecule has 0 aliphatic carbocycles. The third-order valence-corrected chi connectivity index (χ3v) is 9.99. The van der Waals surface area contributed by atoms with Crippen LogP contribution in [0.3, 0.4) is 0 Å². The van der Waals surface area contributed by atoms with E-state index >= 15 is 0 Å². The lowest BCUT2D eigenvalue weighted by Gasteiger charge is -2.44. The van der Waals surface area contributed by atoms with E-state index in [-0.39, 0.29) is 49.3 Å². The molecule has 3 heterocycles. The zero-order chi connectivity index (χ0) is 33.6. The first-order chi connectivity index (χ1) is 21.1. The molecule has 0 aromatic rings. The second-order valence-electron chi connectivity index (χ2n) is 13.9. The topological polar surface area (TPSA) is 144 Å². The van der Waals surface area contributed by atoms with E-state index in [0.717, 1.165) is 6.29 Å². The molecule has 0 spiro atoms. The van der Waals surface area contributed by atoms with Gasteiger partial charge in [-0.25, -0.2) is 0 Å². The van der Waals surface area contributed by atoms with Crippen LogP contribution in [0.1, 0.15) is 87.0 Å². The zero-order valence-electron chi connectivity index (χ0n) is 28.6. The van der Waals surface area contributed by atoms with Gasteiger partial charge in [-0.2, -0.15) is 0 Å². The predicted molar refractivity (Wildman–Crippen MR) is 167 cm³/mol. The minimum atomic E-state index is -1.03. The lowest BCUT2D eigenvalue weighted by Crippen LogP contribution is -2.56. The van der Waals surface area contributed by atoms with Gasteiger partial charge in [0, 0.05) is 30.7 Å². The lowest BCUT2D eigenvalue weighted by molar-refractivity contribution is -0.283. The number of likely N-dealkylation sites (N-methyl/N-ethyl adjacent to an activating group) is 1. The average Bonchev–Trinajstić information content (AvgIpc) is 3.67. The molecular weight excluding hydrogens is 582 g/mol. The summed E-state index contributed by atoms with van der Waals surface area (Å²) in [5.41, 5.74) is -0.604. The number of carbonyl (C=O) groups excluding carboxylic acids is 3. The van der Waals surface area contributed by atoms with Gasteiger partial charge in [0.05, 0.1) is 30.8 Å². The molecule has 3 aliphatic rings. The summed E-state index contributed by atoms with van der Waals surface area (Å²) in [5, 5.41) is 22.5. The van der Waals surface area contributed by atoms with E-state index in [4.69, 9.17) is 23.7 Å². The molecule has 2 fully saturated rings. The number of aldehydes is 1. The Morgan fingerprint density at radius 2 is 1.82 bits per heavy atom. The van der Waals surface area contributed by atoms with Crippen LogP contribution in [0.15, 0.2) is 12.2 Å². The molecule has 0 amide bonds. The van der Waals surface area contributed by atoms with Crippen LogP contribution in [0.25, 0.3) is 0 Å². The Bertz CT molecular complexity index is 1020. The average molecular weight is 640 g/mol. The lowest BCUT2D eigenvalue weighted by atomic mass is 9.79. The van der Waals surface area contributed by atoms with E-state index in [1.54, 1.807) is 13.0 Å². The molecule has 0 aromatic heterocycles. The number of hydrogen-bond acceptors (Lipinski definition) is 11. The fraction of sp³-hybridized carbons (Fsp3) is 0.853. The fourth-order valence-electron chi connectivity index (χ4n) is 7.00. The third kappa shape index (κ3) is 9.58. The van der Waals surface area contributed by atoms with E-state index in [1.165, 1.54) is 0 Å². The van der Waals surface area contributed by atoms with Crippen molar-refractivity contribution in [2.75, 3.05) is 14.1 Å². The molecule has 11 heteroatoms. The van der Waals surface area contributed by atoms with Gasteiger partial charge in [-0.3, -0.25) is 9.59 Å². The largest absolute Gasteiger partial charge is 0.462 e. The maximum absolute atomic E-state index is 13.5. The monoisotopic (exact) mass is 639 g/mol. The van der Waals surface area contributed by atoms with Crippen LogP contribution in [0.5, 0.6) is 0 Å². The van der Waals surface area contributed by atoms with Crippen LogP contribution in [-0.2, 0) is 38.1 Å². The number of aliphatic hydroxyl groups is 2. The number of aliphatic hydroxyl groups excluding tert-OH is 2. The summed E-state index contributed by atoms with van der Waals surface area (Å²) in [6.45, 7) is 13.2. The molecule has 11 nitrogen and oxygen atoms in total. The van der Waals surface area contributed by atoms with Crippen LogP contribution in [0.4, 0.5) is 0 Å². The van der Waals surface area contributed by atoms with Gasteiger partial charge in [0.15, 0.2) is 6.29 Å². The van der Waals surface area contributed by atoms with Crippen molar-refractivity contribution in [2.24, 2.45) is 23.7 Å². The molecule has 45 heavy (non-hydrogen) atoms. The molecule has 2 N–H and O–H groups in total. The molecule has 0 aromatic carbocycles. The Morgan fingerprint density at radius 3 is 2.42 bits per heavy atom.